The molecule has 9 aliphatic heterocycles. The van der Waals surface area contributed by atoms with Crippen LogP contribution in [0.2, 0.25) is 0 Å². The van der Waals surface area contributed by atoms with Crippen molar-refractivity contribution >= 4 is 85.7 Å². The van der Waals surface area contributed by atoms with Gasteiger partial charge in [0.2, 0.25) is 35.5 Å². The van der Waals surface area contributed by atoms with Crippen molar-refractivity contribution in [3.63, 3.8) is 0 Å². The molecule has 0 saturated carbocycles. The molecule has 110 heavy (non-hydrogen) atoms. The number of nitrogens with one attached hydrogen (secondary N) is 6. The van der Waals surface area contributed by atoms with Gasteiger partial charge in [-0.2, -0.15) is 40.1 Å². The predicted molar refractivity (Wildman–Crippen MR) is 411 cm³/mol. The van der Waals surface area contributed by atoms with Gasteiger partial charge in [0.1, 0.15) is 56.1 Å². The van der Waals surface area contributed by atoms with Gasteiger partial charge in [-0.25, -0.2) is 0 Å². The van der Waals surface area contributed by atoms with Crippen molar-refractivity contribution in [1.82, 2.24) is 84.7 Å². The molecule has 0 atom stereocenters. The Bertz CT molecular complexity index is 4510. The zero-order valence-electron chi connectivity index (χ0n) is 62.9. The van der Waals surface area contributed by atoms with Gasteiger partial charge in [-0.05, 0) is 173 Å². The van der Waals surface area contributed by atoms with Gasteiger partial charge >= 0.3 is 0 Å². The van der Waals surface area contributed by atoms with Crippen LogP contribution in [0.3, 0.4) is 0 Å². The topological polar surface area (TPSA) is 340 Å². The average Bonchev–Trinajstić information content (AvgIpc) is 0.818. The molecule has 0 bridgehead atoms. The molecule has 6 N–H and O–H groups in total. The highest BCUT2D eigenvalue weighted by Crippen LogP contribution is 2.46. The molecule has 32 nitrogen and oxygen atoms in total. The molecule has 0 spiro atoms. The van der Waals surface area contributed by atoms with Crippen molar-refractivity contribution in [1.29, 1.82) is 0 Å². The molecular weight excluding hydrogens is 1410 g/mol. The number of hydrogen-bond acceptors (Lipinski definition) is 26. The third kappa shape index (κ3) is 16.0. The molecule has 6 fully saturated rings. The molecule has 6 saturated heterocycles. The number of amides is 3. The summed E-state index contributed by atoms with van der Waals surface area (Å²) in [4.78, 5) is 84.5. The highest BCUT2D eigenvalue weighted by Gasteiger charge is 2.37. The number of likely N-dealkylation sites (tertiary alicyclic amines) is 6. The van der Waals surface area contributed by atoms with Gasteiger partial charge in [-0.3, -0.25) is 24.6 Å². The van der Waals surface area contributed by atoms with E-state index >= 15 is 0 Å². The van der Waals surface area contributed by atoms with Gasteiger partial charge in [0.15, 0.2) is 45.8 Å². The quantitative estimate of drug-likeness (QED) is 0.0493. The summed E-state index contributed by atoms with van der Waals surface area (Å²) in [5.41, 5.74) is 5.25. The first kappa shape index (κ1) is 73.4. The van der Waals surface area contributed by atoms with Gasteiger partial charge in [-0.15, -0.1) is 0 Å². The van der Waals surface area contributed by atoms with Gasteiger partial charge in [0.25, 0.3) is 17.7 Å². The number of benzene rings is 3. The van der Waals surface area contributed by atoms with Crippen molar-refractivity contribution < 1.29 is 57.0 Å². The molecule has 0 unspecified atom stereocenters. The number of carbonyl (C=O) groups is 3. The van der Waals surface area contributed by atoms with Gasteiger partial charge in [0.05, 0.1) is 71.9 Å². The van der Waals surface area contributed by atoms with Crippen LogP contribution in [0.5, 0.6) is 52.1 Å². The fourth-order valence-electron chi connectivity index (χ4n) is 16.6. The van der Waals surface area contributed by atoms with E-state index in [9.17, 15) is 14.4 Å². The molecule has 32 heteroatoms. The maximum absolute atomic E-state index is 13.6. The van der Waals surface area contributed by atoms with E-state index in [1.165, 1.54) is 97.1 Å². The number of hydrogen-bond donors (Lipinski definition) is 6. The van der Waals surface area contributed by atoms with Gasteiger partial charge in [0, 0.05) is 63.6 Å². The number of aromatic amines is 3. The van der Waals surface area contributed by atoms with Crippen molar-refractivity contribution in [3.05, 3.63) is 77.7 Å². The number of rotatable bonds is 17. The third-order valence-corrected chi connectivity index (χ3v) is 22.2. The number of nitrogens with zero attached hydrogens (tertiary/aromatic N) is 14. The summed E-state index contributed by atoms with van der Waals surface area (Å²) in [7, 11) is 1.55. The fraction of sp³-hybridized carbons (Fsp3) is 0.526. The van der Waals surface area contributed by atoms with Crippen LogP contribution in [0.15, 0.2) is 61.1 Å². The average molecular weight is 1510 g/mol. The van der Waals surface area contributed by atoms with Crippen LogP contribution in [0.1, 0.15) is 141 Å². The van der Waals surface area contributed by atoms with E-state index < -0.39 is 0 Å². The first-order chi connectivity index (χ1) is 54.1. The number of carbonyl (C=O) groups excluding carboxylic acids is 3. The highest BCUT2D eigenvalue weighted by molar-refractivity contribution is 6.01. The molecule has 0 aliphatic carbocycles. The Balaban J connectivity index is 0.000000125. The lowest BCUT2D eigenvalue weighted by atomic mass is 9.99. The van der Waals surface area contributed by atoms with E-state index in [0.29, 0.717) is 202 Å². The summed E-state index contributed by atoms with van der Waals surface area (Å²) < 4.78 is 52.6. The second kappa shape index (κ2) is 34.0. The zero-order chi connectivity index (χ0) is 74.9. The number of H-pyrrole nitrogens is 3. The minimum absolute atomic E-state index is 0.00641. The van der Waals surface area contributed by atoms with Crippen LogP contribution in [0.4, 0.5) is 34.9 Å². The van der Waals surface area contributed by atoms with Gasteiger partial charge < -0.3 is 93.0 Å². The lowest BCUT2D eigenvalue weighted by molar-refractivity contribution is 0.0575. The largest absolute Gasteiger partial charge is 0.485 e. The predicted octanol–water partition coefficient (Wildman–Crippen LogP) is 10.3. The Hall–Kier alpha value is -10.7. The van der Waals surface area contributed by atoms with E-state index in [-0.39, 0.29) is 17.7 Å². The number of piperidine rings is 6. The summed E-state index contributed by atoms with van der Waals surface area (Å²) in [6.45, 7) is 18.8. The molecular formula is C78H98N20O12. The van der Waals surface area contributed by atoms with Crippen molar-refractivity contribution in [2.75, 3.05) is 154 Å². The van der Waals surface area contributed by atoms with Crippen LogP contribution in [0, 0.1) is 0 Å². The number of aromatic nitrogens is 11. The Kier molecular flexibility index (Phi) is 22.7. The minimum Gasteiger partial charge on any atom is -0.485 e. The molecule has 9 aliphatic rings. The molecule has 3 aromatic carbocycles. The van der Waals surface area contributed by atoms with Crippen molar-refractivity contribution in [2.45, 2.75) is 128 Å². The summed E-state index contributed by atoms with van der Waals surface area (Å²) in [5.74, 6) is 5.22. The standard InChI is InChI=1S/C27H34N6O4.C26H33N7O4.C25H31N7O4/c1-2-35-25-20-8-11-28-24(20)30-27(31-25)29-21-7-6-19(22-23(21)37-17-16-36-22)26(34)33-14-9-18(10-15-33)32-12-4-3-5-13-32;1-2-35-24-19-16-27-31-23(19)29-26(30-24)28-20-7-6-18(21-22(20)37-15-14-36-21)25(34)33-12-8-17(9-13-33)32-10-4-3-5-11-32;1-34-23-18-15-26-30-22(18)28-25(29-23)27-19-6-5-17(20-21(19)36-14-13-35-20)24(33)32-11-7-16(8-12-32)31-9-3-2-4-10-31/h6-8,11,18H,2-5,9-10,12-17H2,1H3,(H2,28,29,30,31);6-7,16-17H,2-5,8-15H2,1H3,(H2,27,28,29,30,31);5-6,15-16H,2-4,7-14H2,1H3,(H2,26,27,28,29,30). The smallest absolute Gasteiger partial charge is 0.257 e. The number of fused-ring (bicyclic) bond motifs is 6. The zero-order valence-corrected chi connectivity index (χ0v) is 62.9. The molecule has 0 radical (unpaired) electrons. The Morgan fingerprint density at radius 3 is 1.08 bits per heavy atom. The lowest BCUT2D eigenvalue weighted by Crippen LogP contribution is -2.48. The Morgan fingerprint density at radius 1 is 0.400 bits per heavy atom. The molecule has 3 amide bonds. The molecule has 9 aromatic rings. The molecule has 18 rings (SSSR count). The van der Waals surface area contributed by atoms with E-state index in [0.717, 1.165) is 83.2 Å². The summed E-state index contributed by atoms with van der Waals surface area (Å²) in [5, 5.41) is 25.6. The summed E-state index contributed by atoms with van der Waals surface area (Å²) >= 11 is 0. The third-order valence-electron chi connectivity index (χ3n) is 22.2. The minimum atomic E-state index is -0.0165. The Morgan fingerprint density at radius 2 is 0.727 bits per heavy atom. The van der Waals surface area contributed by atoms with E-state index in [1.54, 1.807) is 37.8 Å². The maximum Gasteiger partial charge on any atom is 0.257 e. The van der Waals surface area contributed by atoms with Crippen LogP contribution in [-0.2, 0) is 0 Å². The molecule has 15 heterocycles. The summed E-state index contributed by atoms with van der Waals surface area (Å²) in [6, 6.07) is 14.5. The van der Waals surface area contributed by atoms with Crippen LogP contribution >= 0.6 is 0 Å². The monoisotopic (exact) mass is 1510 g/mol. The second-order valence-corrected chi connectivity index (χ2v) is 28.9. The van der Waals surface area contributed by atoms with Crippen LogP contribution in [0.25, 0.3) is 33.1 Å². The van der Waals surface area contributed by atoms with E-state index in [4.69, 9.17) is 42.6 Å². The first-order valence-corrected chi connectivity index (χ1v) is 39.4. The number of anilines is 6. The second-order valence-electron chi connectivity index (χ2n) is 28.9. The first-order valence-electron chi connectivity index (χ1n) is 39.4. The number of ether oxygens (including phenoxy) is 9. The normalized spacial score (nSPS) is 18.7. The van der Waals surface area contributed by atoms with Crippen LogP contribution < -0.4 is 58.6 Å². The lowest BCUT2D eigenvalue weighted by Gasteiger charge is -2.40. The van der Waals surface area contributed by atoms with Crippen molar-refractivity contribution in [2.24, 2.45) is 0 Å². The maximum atomic E-state index is 13.6. The highest BCUT2D eigenvalue weighted by atomic mass is 16.6. The Labute approximate surface area is 637 Å². The molecule has 582 valence electrons. The van der Waals surface area contributed by atoms with Crippen molar-refractivity contribution in [3.8, 4) is 52.1 Å². The van der Waals surface area contributed by atoms with E-state index in [2.05, 4.69) is 85.9 Å². The SMILES string of the molecule is CCOc1nc(Nc2ccc(C(=O)N3CCC(N4CCCCC4)CC3)c3c2OCCO3)nc2[nH]ccc12.CCOc1nc(Nc2ccc(C(=O)N3CCC(N4CCCCC4)CC3)c3c2OCCO3)nc2[nH]ncc12.COc1nc(Nc2ccc(C(=O)N3CCC(N4CCCCC4)CC3)c3c2OCCO3)nc2[nH]ncc12. The van der Waals surface area contributed by atoms with Crippen LogP contribution in [-0.4, -0.2) is 259 Å². The van der Waals surface area contributed by atoms with Gasteiger partial charge in [-0.1, -0.05) is 19.3 Å². The fourth-order valence-corrected chi connectivity index (χ4v) is 16.6. The summed E-state index contributed by atoms with van der Waals surface area (Å²) in [6.07, 6.45) is 22.9. The number of methoxy groups -OCH3 is 1. The van der Waals surface area contributed by atoms with E-state index in [1.807, 2.05) is 58.9 Å². The molecule has 6 aromatic heterocycles.